The zero-order valence-corrected chi connectivity index (χ0v) is 12.5. The van der Waals surface area contributed by atoms with Crippen LogP contribution >= 0.6 is 0 Å². The SMILES string of the molecule is CC(C)n1ncnc1CN(C)Cc1ccc(C(=O)O)cc1. The summed E-state index contributed by atoms with van der Waals surface area (Å²) in [5.41, 5.74) is 1.37. The van der Waals surface area contributed by atoms with E-state index in [1.807, 2.05) is 23.9 Å². The Bertz CT molecular complexity index is 604. The monoisotopic (exact) mass is 288 g/mol. The van der Waals surface area contributed by atoms with E-state index in [1.54, 1.807) is 18.5 Å². The minimum absolute atomic E-state index is 0.283. The molecule has 0 aliphatic rings. The van der Waals surface area contributed by atoms with Crippen LogP contribution in [0.1, 0.15) is 41.6 Å². The van der Waals surface area contributed by atoms with Crippen LogP contribution in [0.25, 0.3) is 0 Å². The van der Waals surface area contributed by atoms with Gasteiger partial charge in [0.25, 0.3) is 0 Å². The Labute approximate surface area is 124 Å². The van der Waals surface area contributed by atoms with Gasteiger partial charge < -0.3 is 5.11 Å². The smallest absolute Gasteiger partial charge is 0.335 e. The summed E-state index contributed by atoms with van der Waals surface area (Å²) in [7, 11) is 2.00. The van der Waals surface area contributed by atoms with Gasteiger partial charge >= 0.3 is 5.97 Å². The van der Waals surface area contributed by atoms with Gasteiger partial charge in [-0.15, -0.1) is 0 Å². The molecule has 1 N–H and O–H groups in total. The molecule has 1 aromatic heterocycles. The number of aromatic carboxylic acids is 1. The molecule has 21 heavy (non-hydrogen) atoms. The highest BCUT2D eigenvalue weighted by Crippen LogP contribution is 2.11. The summed E-state index contributed by atoms with van der Waals surface area (Å²) in [6.07, 6.45) is 1.57. The van der Waals surface area contributed by atoms with E-state index in [2.05, 4.69) is 28.8 Å². The number of aromatic nitrogens is 3. The summed E-state index contributed by atoms with van der Waals surface area (Å²) in [6, 6.07) is 7.22. The van der Waals surface area contributed by atoms with E-state index in [0.717, 1.165) is 17.9 Å². The maximum absolute atomic E-state index is 10.8. The van der Waals surface area contributed by atoms with Gasteiger partial charge in [-0.3, -0.25) is 4.90 Å². The number of carbonyl (C=O) groups is 1. The Balaban J connectivity index is 1.99. The third-order valence-electron chi connectivity index (χ3n) is 3.20. The molecule has 0 spiro atoms. The van der Waals surface area contributed by atoms with Crippen molar-refractivity contribution < 1.29 is 9.90 Å². The van der Waals surface area contributed by atoms with Crippen molar-refractivity contribution in [3.8, 4) is 0 Å². The average Bonchev–Trinajstić information content (AvgIpc) is 2.87. The van der Waals surface area contributed by atoms with Gasteiger partial charge in [-0.1, -0.05) is 12.1 Å². The fourth-order valence-corrected chi connectivity index (χ4v) is 2.18. The highest BCUT2D eigenvalue weighted by atomic mass is 16.4. The van der Waals surface area contributed by atoms with E-state index in [9.17, 15) is 4.79 Å². The van der Waals surface area contributed by atoms with E-state index in [0.29, 0.717) is 12.1 Å². The standard InChI is InChI=1S/C15H20N4O2/c1-11(2)19-14(16-10-17-19)9-18(3)8-12-4-6-13(7-5-12)15(20)21/h4-7,10-11H,8-9H2,1-3H3,(H,20,21). The van der Waals surface area contributed by atoms with Gasteiger partial charge in [0, 0.05) is 12.6 Å². The van der Waals surface area contributed by atoms with Crippen LogP contribution in [0.5, 0.6) is 0 Å². The predicted octanol–water partition coefficient (Wildman–Crippen LogP) is 2.19. The molecule has 0 bridgehead atoms. The molecule has 0 saturated carbocycles. The molecule has 2 aromatic rings. The molecule has 6 nitrogen and oxygen atoms in total. The Kier molecular flexibility index (Phi) is 4.70. The van der Waals surface area contributed by atoms with Crippen molar-refractivity contribution >= 4 is 5.97 Å². The number of carboxylic acids is 1. The Hall–Kier alpha value is -2.21. The van der Waals surface area contributed by atoms with E-state index in [4.69, 9.17) is 5.11 Å². The van der Waals surface area contributed by atoms with Gasteiger partial charge in [0.1, 0.15) is 12.2 Å². The summed E-state index contributed by atoms with van der Waals surface area (Å²) in [4.78, 5) is 17.2. The Morgan fingerprint density at radius 1 is 1.29 bits per heavy atom. The summed E-state index contributed by atoms with van der Waals surface area (Å²) in [5.74, 6) is 0.0228. The van der Waals surface area contributed by atoms with Crippen LogP contribution in [0.3, 0.4) is 0 Å². The van der Waals surface area contributed by atoms with Crippen molar-refractivity contribution in [1.82, 2.24) is 19.7 Å². The minimum atomic E-state index is -0.903. The number of rotatable bonds is 6. The quantitative estimate of drug-likeness (QED) is 0.882. The van der Waals surface area contributed by atoms with E-state index < -0.39 is 5.97 Å². The van der Waals surface area contributed by atoms with Crippen molar-refractivity contribution in [3.05, 3.63) is 47.5 Å². The maximum Gasteiger partial charge on any atom is 0.335 e. The molecule has 0 saturated heterocycles. The molecular formula is C15H20N4O2. The van der Waals surface area contributed by atoms with Gasteiger partial charge in [-0.2, -0.15) is 5.10 Å². The lowest BCUT2D eigenvalue weighted by Gasteiger charge is -2.18. The first kappa shape index (κ1) is 15.2. The molecule has 0 fully saturated rings. The minimum Gasteiger partial charge on any atom is -0.478 e. The van der Waals surface area contributed by atoms with Gasteiger partial charge in [0.05, 0.1) is 12.1 Å². The van der Waals surface area contributed by atoms with Gasteiger partial charge in [0.15, 0.2) is 0 Å². The maximum atomic E-state index is 10.8. The second-order valence-corrected chi connectivity index (χ2v) is 5.39. The van der Waals surface area contributed by atoms with E-state index >= 15 is 0 Å². The number of hydrogen-bond donors (Lipinski definition) is 1. The molecule has 0 radical (unpaired) electrons. The first-order valence-corrected chi connectivity index (χ1v) is 6.86. The number of benzene rings is 1. The first-order valence-electron chi connectivity index (χ1n) is 6.86. The summed E-state index contributed by atoms with van der Waals surface area (Å²) in [6.45, 7) is 5.56. The molecule has 1 heterocycles. The molecule has 1 aromatic carbocycles. The summed E-state index contributed by atoms with van der Waals surface area (Å²) >= 11 is 0. The topological polar surface area (TPSA) is 71.2 Å². The predicted molar refractivity (Wildman–Crippen MR) is 79.0 cm³/mol. The fraction of sp³-hybridized carbons (Fsp3) is 0.400. The Morgan fingerprint density at radius 2 is 1.95 bits per heavy atom. The second kappa shape index (κ2) is 6.49. The molecule has 2 rings (SSSR count). The van der Waals surface area contributed by atoms with E-state index in [1.165, 1.54) is 0 Å². The third kappa shape index (κ3) is 3.88. The average molecular weight is 288 g/mol. The summed E-state index contributed by atoms with van der Waals surface area (Å²) in [5, 5.41) is 13.1. The number of nitrogens with zero attached hydrogens (tertiary/aromatic N) is 4. The molecule has 6 heteroatoms. The van der Waals surface area contributed by atoms with Crippen LogP contribution in [0.2, 0.25) is 0 Å². The van der Waals surface area contributed by atoms with Crippen LogP contribution in [0.4, 0.5) is 0 Å². The fourth-order valence-electron chi connectivity index (χ4n) is 2.18. The normalized spacial score (nSPS) is 11.3. The van der Waals surface area contributed by atoms with Crippen molar-refractivity contribution in [3.63, 3.8) is 0 Å². The zero-order valence-electron chi connectivity index (χ0n) is 12.5. The first-order chi connectivity index (χ1) is 9.97. The molecule has 0 aliphatic carbocycles. The van der Waals surface area contributed by atoms with Gasteiger partial charge in [-0.25, -0.2) is 14.5 Å². The molecule has 112 valence electrons. The lowest BCUT2D eigenvalue weighted by molar-refractivity contribution is 0.0697. The van der Waals surface area contributed by atoms with Crippen molar-refractivity contribution in [2.75, 3.05) is 7.05 Å². The van der Waals surface area contributed by atoms with Crippen LogP contribution in [0, 0.1) is 0 Å². The molecule has 0 unspecified atom stereocenters. The molecule has 0 aliphatic heterocycles. The van der Waals surface area contributed by atoms with Crippen molar-refractivity contribution in [1.29, 1.82) is 0 Å². The zero-order chi connectivity index (χ0) is 15.4. The Morgan fingerprint density at radius 3 is 2.52 bits per heavy atom. The van der Waals surface area contributed by atoms with Crippen LogP contribution in [0.15, 0.2) is 30.6 Å². The van der Waals surface area contributed by atoms with Gasteiger partial charge in [0.2, 0.25) is 0 Å². The van der Waals surface area contributed by atoms with Crippen LogP contribution < -0.4 is 0 Å². The van der Waals surface area contributed by atoms with Crippen LogP contribution in [-0.4, -0.2) is 37.8 Å². The second-order valence-electron chi connectivity index (χ2n) is 5.39. The van der Waals surface area contributed by atoms with Crippen molar-refractivity contribution in [2.45, 2.75) is 33.0 Å². The van der Waals surface area contributed by atoms with Crippen molar-refractivity contribution in [2.24, 2.45) is 0 Å². The lowest BCUT2D eigenvalue weighted by atomic mass is 10.1. The molecule has 0 atom stereocenters. The van der Waals surface area contributed by atoms with E-state index in [-0.39, 0.29) is 6.04 Å². The third-order valence-corrected chi connectivity index (χ3v) is 3.20. The highest BCUT2D eigenvalue weighted by molar-refractivity contribution is 5.87. The van der Waals surface area contributed by atoms with Crippen LogP contribution in [-0.2, 0) is 13.1 Å². The molecular weight excluding hydrogens is 268 g/mol. The highest BCUT2D eigenvalue weighted by Gasteiger charge is 2.10. The lowest BCUT2D eigenvalue weighted by Crippen LogP contribution is -2.21. The molecule has 0 amide bonds. The largest absolute Gasteiger partial charge is 0.478 e. The summed E-state index contributed by atoms with van der Waals surface area (Å²) < 4.78 is 1.91. The number of carboxylic acid groups (broad SMARTS) is 1. The van der Waals surface area contributed by atoms with Gasteiger partial charge in [-0.05, 0) is 38.6 Å². The number of hydrogen-bond acceptors (Lipinski definition) is 4.